The van der Waals surface area contributed by atoms with Gasteiger partial charge in [-0.15, -0.1) is 0 Å². The zero-order valence-electron chi connectivity index (χ0n) is 22.7. The van der Waals surface area contributed by atoms with Crippen LogP contribution in [-0.2, 0) is 0 Å². The van der Waals surface area contributed by atoms with E-state index in [0.717, 1.165) is 44.4 Å². The lowest BCUT2D eigenvalue weighted by molar-refractivity contribution is 0.669. The Morgan fingerprint density at radius 2 is 1.17 bits per heavy atom. The molecule has 0 amide bonds. The summed E-state index contributed by atoms with van der Waals surface area (Å²) in [6.07, 6.45) is 1.98. The third kappa shape index (κ3) is 3.44. The molecule has 6 aromatic carbocycles. The summed E-state index contributed by atoms with van der Waals surface area (Å²) in [6, 6.07) is 49.3. The molecular weight excluding hydrogens is 512 g/mol. The smallest absolute Gasteiger partial charge is 0.137 e. The van der Waals surface area contributed by atoms with E-state index in [9.17, 15) is 0 Å². The Kier molecular flexibility index (Phi) is 4.90. The molecule has 0 bridgehead atoms. The number of benzene rings is 6. The lowest BCUT2D eigenvalue weighted by Crippen LogP contribution is -1.97. The monoisotopic (exact) mass is 536 g/mol. The number of rotatable bonds is 3. The van der Waals surface area contributed by atoms with Gasteiger partial charge < -0.3 is 4.42 Å². The molecule has 0 unspecified atom stereocenters. The van der Waals surface area contributed by atoms with E-state index in [4.69, 9.17) is 9.40 Å². The Bertz CT molecular complexity index is 2450. The van der Waals surface area contributed by atoms with Gasteiger partial charge in [0.05, 0.1) is 11.0 Å². The van der Waals surface area contributed by atoms with Crippen molar-refractivity contribution in [2.75, 3.05) is 0 Å². The van der Waals surface area contributed by atoms with Crippen LogP contribution in [0.3, 0.4) is 0 Å². The van der Waals surface area contributed by atoms with Crippen molar-refractivity contribution < 1.29 is 4.42 Å². The second-order valence-corrected chi connectivity index (χ2v) is 10.8. The lowest BCUT2D eigenvalue weighted by atomic mass is 10.00. The molecular formula is C39H24N2O. The van der Waals surface area contributed by atoms with Gasteiger partial charge in [0.2, 0.25) is 0 Å². The third-order valence-corrected chi connectivity index (χ3v) is 8.45. The zero-order valence-corrected chi connectivity index (χ0v) is 22.7. The Balaban J connectivity index is 1.28. The van der Waals surface area contributed by atoms with E-state index < -0.39 is 0 Å². The Labute approximate surface area is 241 Å². The van der Waals surface area contributed by atoms with Gasteiger partial charge in [-0.25, -0.2) is 4.98 Å². The summed E-state index contributed by atoms with van der Waals surface area (Å²) in [4.78, 5) is 4.99. The number of hydrogen-bond acceptors (Lipinski definition) is 2. The second-order valence-electron chi connectivity index (χ2n) is 10.8. The topological polar surface area (TPSA) is 31.0 Å². The number of para-hydroxylation sites is 1. The maximum atomic E-state index is 6.09. The molecule has 0 radical (unpaired) electrons. The van der Waals surface area contributed by atoms with Crippen molar-refractivity contribution in [3.63, 3.8) is 0 Å². The van der Waals surface area contributed by atoms with Crippen LogP contribution in [0, 0.1) is 0 Å². The summed E-state index contributed by atoms with van der Waals surface area (Å²) >= 11 is 0. The molecule has 196 valence electrons. The van der Waals surface area contributed by atoms with Crippen molar-refractivity contribution in [2.45, 2.75) is 0 Å². The summed E-state index contributed by atoms with van der Waals surface area (Å²) in [5, 5.41) is 7.14. The predicted octanol–water partition coefficient (Wildman–Crippen LogP) is 10.6. The standard InChI is InChI=1S/C39H24N2O/c1-2-8-25(9-3-1)29-17-21-38(40-24-29)41-35-19-15-27(22-33(35)32-18-14-26-10-4-5-11-30(26)39(32)41)28-16-20-37-34(23-28)31-12-6-7-13-36(31)42-37/h1-24H. The molecule has 42 heavy (non-hydrogen) atoms. The summed E-state index contributed by atoms with van der Waals surface area (Å²) in [7, 11) is 0. The molecule has 3 aromatic heterocycles. The van der Waals surface area contributed by atoms with Gasteiger partial charge in [-0.3, -0.25) is 4.57 Å². The first kappa shape index (κ1) is 23.1. The SMILES string of the molecule is c1ccc(-c2ccc(-n3c4ccc(-c5ccc6oc7ccccc7c6c5)cc4c4ccc5ccccc5c43)nc2)cc1. The Hall–Kier alpha value is -5.67. The number of nitrogens with zero attached hydrogens (tertiary/aromatic N) is 2. The molecule has 9 rings (SSSR count). The van der Waals surface area contributed by atoms with Crippen LogP contribution in [0.25, 0.3) is 82.6 Å². The van der Waals surface area contributed by atoms with E-state index in [-0.39, 0.29) is 0 Å². The van der Waals surface area contributed by atoms with Crippen LogP contribution in [0.15, 0.2) is 150 Å². The van der Waals surface area contributed by atoms with Crippen molar-refractivity contribution in [1.29, 1.82) is 0 Å². The molecule has 0 aliphatic heterocycles. The summed E-state index contributed by atoms with van der Waals surface area (Å²) in [5.74, 6) is 0.907. The second kappa shape index (κ2) is 8.92. The summed E-state index contributed by atoms with van der Waals surface area (Å²) in [6.45, 7) is 0. The summed E-state index contributed by atoms with van der Waals surface area (Å²) < 4.78 is 8.41. The quantitative estimate of drug-likeness (QED) is 0.225. The van der Waals surface area contributed by atoms with E-state index in [1.165, 1.54) is 38.2 Å². The molecule has 9 aromatic rings. The molecule has 0 spiro atoms. The predicted molar refractivity (Wildman–Crippen MR) is 174 cm³/mol. The summed E-state index contributed by atoms with van der Waals surface area (Å²) in [5.41, 5.74) is 8.76. The first-order valence-electron chi connectivity index (χ1n) is 14.2. The molecule has 3 nitrogen and oxygen atoms in total. The number of aromatic nitrogens is 2. The van der Waals surface area contributed by atoms with Gasteiger partial charge in [-0.2, -0.15) is 0 Å². The number of pyridine rings is 1. The highest BCUT2D eigenvalue weighted by Gasteiger charge is 2.17. The number of hydrogen-bond donors (Lipinski definition) is 0. The highest BCUT2D eigenvalue weighted by molar-refractivity contribution is 6.19. The minimum Gasteiger partial charge on any atom is -0.456 e. The molecule has 0 atom stereocenters. The Morgan fingerprint density at radius 1 is 0.452 bits per heavy atom. The fourth-order valence-corrected chi connectivity index (χ4v) is 6.42. The minimum absolute atomic E-state index is 0.907. The van der Waals surface area contributed by atoms with Crippen LogP contribution in [0.2, 0.25) is 0 Å². The average Bonchev–Trinajstić information content (AvgIpc) is 3.60. The molecule has 0 saturated heterocycles. The van der Waals surface area contributed by atoms with E-state index in [1.807, 2.05) is 24.4 Å². The third-order valence-electron chi connectivity index (χ3n) is 8.45. The first-order chi connectivity index (χ1) is 20.8. The van der Waals surface area contributed by atoms with Gasteiger partial charge in [-0.05, 0) is 64.5 Å². The van der Waals surface area contributed by atoms with Crippen molar-refractivity contribution >= 4 is 54.5 Å². The highest BCUT2D eigenvalue weighted by atomic mass is 16.3. The Morgan fingerprint density at radius 3 is 2.02 bits per heavy atom. The molecule has 0 aliphatic carbocycles. The van der Waals surface area contributed by atoms with E-state index >= 15 is 0 Å². The van der Waals surface area contributed by atoms with Crippen molar-refractivity contribution in [1.82, 2.24) is 9.55 Å². The van der Waals surface area contributed by atoms with Crippen LogP contribution in [0.4, 0.5) is 0 Å². The maximum absolute atomic E-state index is 6.09. The fourth-order valence-electron chi connectivity index (χ4n) is 6.42. The minimum atomic E-state index is 0.907. The molecule has 0 aliphatic rings. The fraction of sp³-hybridized carbons (Fsp3) is 0. The molecule has 0 N–H and O–H groups in total. The lowest BCUT2D eigenvalue weighted by Gasteiger charge is -2.10. The van der Waals surface area contributed by atoms with Crippen molar-refractivity contribution in [3.8, 4) is 28.1 Å². The van der Waals surface area contributed by atoms with Crippen LogP contribution in [0.5, 0.6) is 0 Å². The van der Waals surface area contributed by atoms with Crippen LogP contribution >= 0.6 is 0 Å². The molecule has 0 saturated carbocycles. The molecule has 3 heteroatoms. The van der Waals surface area contributed by atoms with Gasteiger partial charge in [0.25, 0.3) is 0 Å². The number of furan rings is 1. The van der Waals surface area contributed by atoms with Gasteiger partial charge in [-0.1, -0.05) is 97.1 Å². The van der Waals surface area contributed by atoms with Crippen LogP contribution in [-0.4, -0.2) is 9.55 Å². The zero-order chi connectivity index (χ0) is 27.6. The van der Waals surface area contributed by atoms with E-state index in [0.29, 0.717) is 0 Å². The molecule has 3 heterocycles. The highest BCUT2D eigenvalue weighted by Crippen LogP contribution is 2.39. The molecule has 0 fully saturated rings. The largest absolute Gasteiger partial charge is 0.456 e. The van der Waals surface area contributed by atoms with Gasteiger partial charge in [0.1, 0.15) is 17.0 Å². The van der Waals surface area contributed by atoms with E-state index in [2.05, 4.69) is 126 Å². The van der Waals surface area contributed by atoms with E-state index in [1.54, 1.807) is 0 Å². The maximum Gasteiger partial charge on any atom is 0.137 e. The average molecular weight is 537 g/mol. The van der Waals surface area contributed by atoms with Gasteiger partial charge >= 0.3 is 0 Å². The van der Waals surface area contributed by atoms with Crippen LogP contribution in [0.1, 0.15) is 0 Å². The van der Waals surface area contributed by atoms with Gasteiger partial charge in [0, 0.05) is 38.7 Å². The van der Waals surface area contributed by atoms with Crippen molar-refractivity contribution in [2.24, 2.45) is 0 Å². The van der Waals surface area contributed by atoms with Crippen LogP contribution < -0.4 is 0 Å². The number of fused-ring (bicyclic) bond motifs is 8. The van der Waals surface area contributed by atoms with Crippen molar-refractivity contribution in [3.05, 3.63) is 146 Å². The normalized spacial score (nSPS) is 11.8. The van der Waals surface area contributed by atoms with Gasteiger partial charge in [0.15, 0.2) is 0 Å². The first-order valence-corrected chi connectivity index (χ1v) is 14.2.